The fourth-order valence-electron chi connectivity index (χ4n) is 4.82. The predicted molar refractivity (Wildman–Crippen MR) is 155 cm³/mol. The van der Waals surface area contributed by atoms with Crippen molar-refractivity contribution in [2.45, 2.75) is 135 Å². The first-order valence-electron chi connectivity index (χ1n) is 15.5. The monoisotopic (exact) mass is 547 g/mol. The summed E-state index contributed by atoms with van der Waals surface area (Å²) in [7, 11) is 0. The van der Waals surface area contributed by atoms with Gasteiger partial charge in [0.05, 0.1) is 24.4 Å². The molecule has 0 aromatic carbocycles. The maximum Gasteiger partial charge on any atom is 0.407 e. The van der Waals surface area contributed by atoms with Crippen LogP contribution in [0.25, 0.3) is 0 Å². The first-order chi connectivity index (χ1) is 19.2. The molecule has 1 aromatic rings. The topological polar surface area (TPSA) is 98.8 Å². The van der Waals surface area contributed by atoms with Crippen LogP contribution in [0.1, 0.15) is 122 Å². The lowest BCUT2D eigenvalue weighted by atomic mass is 10.0. The maximum absolute atomic E-state index is 12.0. The van der Waals surface area contributed by atoms with E-state index in [4.69, 9.17) is 14.2 Å². The van der Waals surface area contributed by atoms with Crippen molar-refractivity contribution in [3.63, 3.8) is 0 Å². The highest BCUT2D eigenvalue weighted by molar-refractivity contribution is 5.67. The van der Waals surface area contributed by atoms with Crippen LogP contribution in [0.2, 0.25) is 0 Å². The lowest BCUT2D eigenvalue weighted by Gasteiger charge is -2.15. The van der Waals surface area contributed by atoms with E-state index < -0.39 is 12.2 Å². The molecule has 2 amide bonds. The van der Waals surface area contributed by atoms with E-state index in [2.05, 4.69) is 22.5 Å². The summed E-state index contributed by atoms with van der Waals surface area (Å²) < 4.78 is 16.4. The summed E-state index contributed by atoms with van der Waals surface area (Å²) >= 11 is 0. The molecule has 0 radical (unpaired) electrons. The number of aromatic nitrogens is 1. The summed E-state index contributed by atoms with van der Waals surface area (Å²) in [5.74, 6) is 0. The number of nitrogens with one attached hydrogen (secondary N) is 2. The molecular weight excluding hydrogens is 494 g/mol. The van der Waals surface area contributed by atoms with Gasteiger partial charge in [-0.05, 0) is 31.4 Å². The quantitative estimate of drug-likeness (QED) is 0.146. The molecule has 1 saturated heterocycles. The summed E-state index contributed by atoms with van der Waals surface area (Å²) in [6.45, 7) is 3.62. The number of amides is 2. The van der Waals surface area contributed by atoms with Crippen molar-refractivity contribution >= 4 is 12.2 Å². The molecule has 2 heterocycles. The first kappa shape index (κ1) is 32.9. The molecule has 0 spiro atoms. The molecule has 0 aliphatic carbocycles. The number of pyridine rings is 1. The van der Waals surface area contributed by atoms with E-state index in [1.807, 2.05) is 18.2 Å². The van der Waals surface area contributed by atoms with Crippen LogP contribution in [0.3, 0.4) is 0 Å². The van der Waals surface area contributed by atoms with Crippen molar-refractivity contribution in [3.05, 3.63) is 30.1 Å². The van der Waals surface area contributed by atoms with Gasteiger partial charge in [0.2, 0.25) is 0 Å². The summed E-state index contributed by atoms with van der Waals surface area (Å²) in [5.41, 5.74) is 0.765. The van der Waals surface area contributed by atoms with Crippen LogP contribution < -0.4 is 10.6 Å². The van der Waals surface area contributed by atoms with Gasteiger partial charge in [0.15, 0.2) is 0 Å². The van der Waals surface area contributed by atoms with Crippen molar-refractivity contribution in [2.24, 2.45) is 0 Å². The van der Waals surface area contributed by atoms with Gasteiger partial charge in [0, 0.05) is 12.7 Å². The van der Waals surface area contributed by atoms with Crippen molar-refractivity contribution in [1.29, 1.82) is 0 Å². The van der Waals surface area contributed by atoms with E-state index in [-0.39, 0.29) is 25.4 Å². The minimum absolute atomic E-state index is 0.160. The van der Waals surface area contributed by atoms with Crippen LogP contribution >= 0.6 is 0 Å². The van der Waals surface area contributed by atoms with Crippen LogP contribution in [-0.4, -0.2) is 49.1 Å². The Balaban J connectivity index is 1.33. The molecule has 2 N–H and O–H groups in total. The van der Waals surface area contributed by atoms with Gasteiger partial charge in [-0.2, -0.15) is 0 Å². The van der Waals surface area contributed by atoms with E-state index in [1.54, 1.807) is 6.20 Å². The number of carbonyl (C=O) groups is 2. The second-order valence-electron chi connectivity index (χ2n) is 10.7. The first-order valence-corrected chi connectivity index (χ1v) is 15.5. The smallest absolute Gasteiger partial charge is 0.407 e. The van der Waals surface area contributed by atoms with Crippen molar-refractivity contribution < 1.29 is 23.8 Å². The summed E-state index contributed by atoms with van der Waals surface area (Å²) in [6, 6.07) is 5.53. The molecule has 8 heteroatoms. The van der Waals surface area contributed by atoms with Crippen molar-refractivity contribution in [2.75, 3.05) is 19.8 Å². The van der Waals surface area contributed by atoms with E-state index in [0.717, 1.165) is 31.4 Å². The fraction of sp³-hybridized carbons (Fsp3) is 0.774. The van der Waals surface area contributed by atoms with Gasteiger partial charge < -0.3 is 24.8 Å². The Kier molecular flexibility index (Phi) is 18.9. The Morgan fingerprint density at radius 1 is 0.769 bits per heavy atom. The number of nitrogens with zero attached hydrogens (tertiary/aromatic N) is 1. The number of unbranched alkanes of at least 4 members (excludes halogenated alkanes) is 14. The second kappa shape index (κ2) is 22.5. The van der Waals surface area contributed by atoms with Gasteiger partial charge in [0.25, 0.3) is 0 Å². The number of hydrogen-bond donors (Lipinski definition) is 2. The number of carbonyl (C=O) groups excluding carboxylic acids is 2. The lowest BCUT2D eigenvalue weighted by Crippen LogP contribution is -2.30. The summed E-state index contributed by atoms with van der Waals surface area (Å²) in [6.07, 6.45) is 21.9. The van der Waals surface area contributed by atoms with E-state index in [9.17, 15) is 9.59 Å². The van der Waals surface area contributed by atoms with E-state index in [1.165, 1.54) is 83.5 Å². The number of hydrogen-bond acceptors (Lipinski definition) is 6. The van der Waals surface area contributed by atoms with Gasteiger partial charge in [-0.15, -0.1) is 0 Å². The average molecular weight is 548 g/mol. The molecule has 0 bridgehead atoms. The zero-order chi connectivity index (χ0) is 27.8. The number of alkyl carbamates (subject to hydrolysis) is 2. The molecular formula is C31H53N3O5. The van der Waals surface area contributed by atoms with Crippen molar-refractivity contribution in [3.8, 4) is 0 Å². The third-order valence-corrected chi connectivity index (χ3v) is 7.19. The molecule has 1 aliphatic rings. The Bertz CT molecular complexity index is 749. The maximum atomic E-state index is 12.0. The van der Waals surface area contributed by atoms with E-state index >= 15 is 0 Å². The molecule has 2 atom stereocenters. The van der Waals surface area contributed by atoms with Gasteiger partial charge in [-0.1, -0.05) is 103 Å². The SMILES string of the molecule is CCCCCCCCCCCCCCCCCNC(=O)OC[C@@H]1CC[C@@H](COC(=O)NCc2ccccn2)O1. The Morgan fingerprint density at radius 2 is 1.28 bits per heavy atom. The molecule has 8 nitrogen and oxygen atoms in total. The molecule has 39 heavy (non-hydrogen) atoms. The van der Waals surface area contributed by atoms with Gasteiger partial charge >= 0.3 is 12.2 Å². The highest BCUT2D eigenvalue weighted by Crippen LogP contribution is 2.20. The highest BCUT2D eigenvalue weighted by Gasteiger charge is 2.27. The second-order valence-corrected chi connectivity index (χ2v) is 10.7. The summed E-state index contributed by atoms with van der Waals surface area (Å²) in [4.78, 5) is 28.0. The molecule has 1 fully saturated rings. The average Bonchev–Trinajstić information content (AvgIpc) is 3.42. The highest BCUT2D eigenvalue weighted by atomic mass is 16.6. The van der Waals surface area contributed by atoms with Gasteiger partial charge in [-0.25, -0.2) is 9.59 Å². The van der Waals surface area contributed by atoms with Crippen LogP contribution in [0.5, 0.6) is 0 Å². The minimum Gasteiger partial charge on any atom is -0.447 e. The lowest BCUT2D eigenvalue weighted by molar-refractivity contribution is -0.0198. The van der Waals surface area contributed by atoms with E-state index in [0.29, 0.717) is 13.1 Å². The molecule has 2 rings (SSSR count). The molecule has 0 saturated carbocycles. The predicted octanol–water partition coefficient (Wildman–Crippen LogP) is 7.45. The standard InChI is InChI=1S/C31H53N3O5/c1-2-3-4-5-6-7-8-9-10-11-12-13-14-15-17-23-33-30(35)37-25-28-20-21-29(39-28)26-38-31(36)34-24-27-19-16-18-22-32-27/h16,18-19,22,28-29H,2-15,17,20-21,23-26H2,1H3,(H,33,35)(H,34,36)/t28-,29-/m0/s1. The third-order valence-electron chi connectivity index (χ3n) is 7.19. The van der Waals surface area contributed by atoms with Crippen molar-refractivity contribution in [1.82, 2.24) is 15.6 Å². The molecule has 222 valence electrons. The molecule has 0 unspecified atom stereocenters. The Morgan fingerprint density at radius 3 is 1.79 bits per heavy atom. The van der Waals surface area contributed by atoms with Crippen LogP contribution in [0.4, 0.5) is 9.59 Å². The minimum atomic E-state index is -0.498. The number of rotatable bonds is 22. The molecule has 1 aliphatic heterocycles. The molecule has 1 aromatic heterocycles. The summed E-state index contributed by atoms with van der Waals surface area (Å²) in [5, 5.41) is 5.51. The fourth-order valence-corrected chi connectivity index (χ4v) is 4.82. The zero-order valence-corrected chi connectivity index (χ0v) is 24.3. The van der Waals surface area contributed by atoms with Gasteiger partial charge in [0.1, 0.15) is 13.2 Å². The Hall–Kier alpha value is -2.35. The van der Waals surface area contributed by atoms with Crippen LogP contribution in [0, 0.1) is 0 Å². The van der Waals surface area contributed by atoms with Crippen LogP contribution in [-0.2, 0) is 20.8 Å². The van der Waals surface area contributed by atoms with Gasteiger partial charge in [-0.3, -0.25) is 4.98 Å². The Labute approximate surface area is 236 Å². The largest absolute Gasteiger partial charge is 0.447 e. The third kappa shape index (κ3) is 17.8. The zero-order valence-electron chi connectivity index (χ0n) is 24.3. The van der Waals surface area contributed by atoms with Crippen LogP contribution in [0.15, 0.2) is 24.4 Å². The normalized spacial score (nSPS) is 16.6. The number of ether oxygens (including phenoxy) is 3.